The second-order valence-corrected chi connectivity index (χ2v) is 8.75. The molecule has 0 saturated carbocycles. The van der Waals surface area contributed by atoms with Gasteiger partial charge in [0, 0.05) is 64.6 Å². The van der Waals surface area contributed by atoms with Crippen LogP contribution in [0.5, 0.6) is 0 Å². The number of benzene rings is 1. The summed E-state index contributed by atoms with van der Waals surface area (Å²) < 4.78 is 0. The zero-order chi connectivity index (χ0) is 20.6. The molecule has 0 spiro atoms. The van der Waals surface area contributed by atoms with Gasteiger partial charge < -0.3 is 15.1 Å². The third kappa shape index (κ3) is 4.01. The van der Waals surface area contributed by atoms with Gasteiger partial charge in [-0.05, 0) is 37.1 Å². The molecule has 7 nitrogen and oxygen atoms in total. The minimum atomic E-state index is -0.363. The number of carbonyl (C=O) groups excluding carboxylic acids is 3. The first-order valence-electron chi connectivity index (χ1n) is 10.5. The lowest BCUT2D eigenvalue weighted by Gasteiger charge is -2.44. The number of anilines is 1. The molecule has 3 heterocycles. The highest BCUT2D eigenvalue weighted by molar-refractivity contribution is 5.95. The van der Waals surface area contributed by atoms with Crippen molar-refractivity contribution >= 4 is 23.4 Å². The minimum absolute atomic E-state index is 0.0399. The highest BCUT2D eigenvalue weighted by Crippen LogP contribution is 2.36. The Labute approximate surface area is 172 Å². The van der Waals surface area contributed by atoms with Crippen LogP contribution in [-0.4, -0.2) is 65.8 Å². The Bertz CT molecular complexity index is 809. The van der Waals surface area contributed by atoms with Gasteiger partial charge in [-0.1, -0.05) is 12.1 Å². The summed E-state index contributed by atoms with van der Waals surface area (Å²) in [4.78, 5) is 41.9. The maximum Gasteiger partial charge on any atom is 0.227 e. The summed E-state index contributed by atoms with van der Waals surface area (Å²) in [5.74, 6) is 0.535. The highest BCUT2D eigenvalue weighted by Gasteiger charge is 2.50. The fourth-order valence-corrected chi connectivity index (χ4v) is 5.21. The van der Waals surface area contributed by atoms with Crippen LogP contribution in [0.15, 0.2) is 24.3 Å². The van der Waals surface area contributed by atoms with Gasteiger partial charge in [0.15, 0.2) is 0 Å². The van der Waals surface area contributed by atoms with E-state index in [0.717, 1.165) is 51.3 Å². The first-order chi connectivity index (χ1) is 13.9. The molecule has 3 saturated heterocycles. The number of rotatable bonds is 4. The van der Waals surface area contributed by atoms with Gasteiger partial charge in [0.05, 0.1) is 5.54 Å². The third-order valence-electron chi connectivity index (χ3n) is 6.59. The van der Waals surface area contributed by atoms with E-state index in [4.69, 9.17) is 0 Å². The summed E-state index contributed by atoms with van der Waals surface area (Å²) in [7, 11) is 0. The lowest BCUT2D eigenvalue weighted by molar-refractivity contribution is -0.128. The number of piperidine rings is 1. The van der Waals surface area contributed by atoms with Gasteiger partial charge in [0.1, 0.15) is 0 Å². The molecule has 0 aromatic heterocycles. The van der Waals surface area contributed by atoms with Gasteiger partial charge in [-0.25, -0.2) is 0 Å². The average molecular weight is 399 g/mol. The van der Waals surface area contributed by atoms with Crippen LogP contribution in [0, 0.1) is 5.92 Å². The van der Waals surface area contributed by atoms with Crippen LogP contribution in [0.4, 0.5) is 5.69 Å². The van der Waals surface area contributed by atoms with Crippen molar-refractivity contribution in [2.45, 2.75) is 45.2 Å². The molecule has 3 aliphatic heterocycles. The molecule has 3 amide bonds. The smallest absolute Gasteiger partial charge is 0.227 e. The highest BCUT2D eigenvalue weighted by atomic mass is 16.2. The van der Waals surface area contributed by atoms with E-state index in [1.54, 1.807) is 13.8 Å². The van der Waals surface area contributed by atoms with Gasteiger partial charge in [-0.15, -0.1) is 0 Å². The number of hydrogen-bond acceptors (Lipinski definition) is 4. The lowest BCUT2D eigenvalue weighted by Crippen LogP contribution is -2.63. The molecule has 1 aromatic rings. The quantitative estimate of drug-likeness (QED) is 0.832. The van der Waals surface area contributed by atoms with Crippen LogP contribution in [-0.2, 0) is 20.9 Å². The van der Waals surface area contributed by atoms with Gasteiger partial charge in [-0.3, -0.25) is 19.3 Å². The Morgan fingerprint density at radius 2 is 1.90 bits per heavy atom. The monoisotopic (exact) mass is 398 g/mol. The summed E-state index contributed by atoms with van der Waals surface area (Å²) in [5.41, 5.74) is 1.80. The first kappa shape index (κ1) is 19.9. The van der Waals surface area contributed by atoms with Crippen LogP contribution in [0.3, 0.4) is 0 Å². The average Bonchev–Trinajstić information content (AvgIpc) is 3.25. The molecule has 2 atom stereocenters. The van der Waals surface area contributed by atoms with Crippen molar-refractivity contribution in [2.24, 2.45) is 5.92 Å². The van der Waals surface area contributed by atoms with E-state index in [2.05, 4.69) is 22.3 Å². The second-order valence-electron chi connectivity index (χ2n) is 8.75. The Balaban J connectivity index is 1.45. The van der Waals surface area contributed by atoms with Crippen LogP contribution in [0.25, 0.3) is 0 Å². The number of hydrogen-bond donors (Lipinski definition) is 1. The van der Waals surface area contributed by atoms with Crippen molar-refractivity contribution in [1.82, 2.24) is 15.1 Å². The fourth-order valence-electron chi connectivity index (χ4n) is 5.21. The van der Waals surface area contributed by atoms with E-state index < -0.39 is 0 Å². The summed E-state index contributed by atoms with van der Waals surface area (Å²) in [5, 5.41) is 3.19. The summed E-state index contributed by atoms with van der Waals surface area (Å²) in [6, 6.07) is 8.24. The molecule has 0 unspecified atom stereocenters. The van der Waals surface area contributed by atoms with Crippen LogP contribution < -0.4 is 10.2 Å². The number of carbonyl (C=O) groups is 3. The summed E-state index contributed by atoms with van der Waals surface area (Å²) in [6.45, 7) is 7.75. The molecule has 0 bridgehead atoms. The molecule has 29 heavy (non-hydrogen) atoms. The number of amides is 3. The number of fused-ring (bicyclic) bond motifs is 1. The molecule has 7 heteroatoms. The largest absolute Gasteiger partial charge is 0.347 e. The third-order valence-corrected chi connectivity index (χ3v) is 6.59. The molecule has 1 aromatic carbocycles. The molecule has 156 valence electrons. The van der Waals surface area contributed by atoms with Crippen molar-refractivity contribution in [3.8, 4) is 0 Å². The van der Waals surface area contributed by atoms with Crippen LogP contribution >= 0.6 is 0 Å². The van der Waals surface area contributed by atoms with Crippen molar-refractivity contribution in [1.29, 1.82) is 0 Å². The topological polar surface area (TPSA) is 73.0 Å². The summed E-state index contributed by atoms with van der Waals surface area (Å²) in [6.07, 6.45) is 2.53. The fraction of sp³-hybridized carbons (Fsp3) is 0.591. The molecule has 3 aliphatic rings. The Morgan fingerprint density at radius 1 is 1.14 bits per heavy atom. The van der Waals surface area contributed by atoms with Crippen molar-refractivity contribution < 1.29 is 14.4 Å². The Morgan fingerprint density at radius 3 is 2.52 bits per heavy atom. The van der Waals surface area contributed by atoms with E-state index in [0.29, 0.717) is 18.9 Å². The van der Waals surface area contributed by atoms with Crippen LogP contribution in [0.2, 0.25) is 0 Å². The van der Waals surface area contributed by atoms with E-state index >= 15 is 0 Å². The predicted octanol–water partition coefficient (Wildman–Crippen LogP) is 1.37. The van der Waals surface area contributed by atoms with Crippen LogP contribution in [0.1, 0.15) is 38.7 Å². The van der Waals surface area contributed by atoms with Crippen molar-refractivity contribution in [3.63, 3.8) is 0 Å². The summed E-state index contributed by atoms with van der Waals surface area (Å²) >= 11 is 0. The van der Waals surface area contributed by atoms with Gasteiger partial charge in [0.2, 0.25) is 17.7 Å². The molecular formula is C22H30N4O3. The first-order valence-corrected chi connectivity index (χ1v) is 10.5. The maximum atomic E-state index is 11.9. The minimum Gasteiger partial charge on any atom is -0.347 e. The Kier molecular flexibility index (Phi) is 5.34. The maximum absolute atomic E-state index is 11.9. The zero-order valence-electron chi connectivity index (χ0n) is 17.3. The Hall–Kier alpha value is -2.41. The molecule has 3 fully saturated rings. The molecule has 0 aliphatic carbocycles. The van der Waals surface area contributed by atoms with Gasteiger partial charge in [0.25, 0.3) is 0 Å². The molecular weight excluding hydrogens is 368 g/mol. The van der Waals surface area contributed by atoms with E-state index in [1.165, 1.54) is 5.56 Å². The molecule has 4 rings (SSSR count). The van der Waals surface area contributed by atoms with E-state index in [9.17, 15) is 14.4 Å². The van der Waals surface area contributed by atoms with Crippen molar-refractivity contribution in [3.05, 3.63) is 29.8 Å². The molecule has 0 radical (unpaired) electrons. The standard InChI is InChI=1S/C22H30N4O3/c1-16(27)23-22-14-24(11-9-19(22)13-25(15-22)17(2)28)12-18-5-7-20(8-6-18)26-10-3-4-21(26)29/h5-8,19H,3-4,9-15H2,1-2H3,(H,23,27)/t19-,22-/m1/s1. The number of likely N-dealkylation sites (tertiary alicyclic amines) is 2. The van der Waals surface area contributed by atoms with E-state index in [1.807, 2.05) is 21.9 Å². The lowest BCUT2D eigenvalue weighted by atomic mass is 9.80. The second kappa shape index (κ2) is 7.78. The number of nitrogens with zero attached hydrogens (tertiary/aromatic N) is 3. The van der Waals surface area contributed by atoms with E-state index in [-0.39, 0.29) is 23.3 Å². The number of nitrogens with one attached hydrogen (secondary N) is 1. The van der Waals surface area contributed by atoms with Crippen molar-refractivity contribution in [2.75, 3.05) is 37.6 Å². The molecule has 1 N–H and O–H groups in total. The normalized spacial score (nSPS) is 27.2. The zero-order valence-corrected chi connectivity index (χ0v) is 17.3. The SMILES string of the molecule is CC(=O)N[C@@]12CN(Cc3ccc(N4CCCC4=O)cc3)CC[C@@H]1CN(C(C)=O)C2. The van der Waals surface area contributed by atoms with Gasteiger partial charge in [-0.2, -0.15) is 0 Å². The van der Waals surface area contributed by atoms with Gasteiger partial charge >= 0.3 is 0 Å². The predicted molar refractivity (Wildman–Crippen MR) is 110 cm³/mol.